The lowest BCUT2D eigenvalue weighted by Crippen LogP contribution is -2.56. The maximum absolute atomic E-state index is 9.31. The molecule has 72 valence electrons. The molecule has 0 aromatic heterocycles. The van der Waals surface area contributed by atoms with Crippen molar-refractivity contribution in [2.45, 2.75) is 28.5 Å². The first kappa shape index (κ1) is 10.6. The average Bonchev–Trinajstić information content (AvgIpc) is 2.08. The van der Waals surface area contributed by atoms with E-state index in [0.29, 0.717) is 0 Å². The van der Waals surface area contributed by atoms with Crippen LogP contribution in [0.4, 0.5) is 0 Å². The van der Waals surface area contributed by atoms with Gasteiger partial charge in [-0.2, -0.15) is 0 Å². The zero-order valence-corrected chi connectivity index (χ0v) is 8.33. The van der Waals surface area contributed by atoms with E-state index in [2.05, 4.69) is 0 Å². The first-order valence-corrected chi connectivity index (χ1v) is 4.77. The SMILES string of the molecule is OCC1O[C@@H](O)[C@H](I)C(O)[C@H]1O. The van der Waals surface area contributed by atoms with Gasteiger partial charge in [0.25, 0.3) is 0 Å². The minimum Gasteiger partial charge on any atom is -0.394 e. The van der Waals surface area contributed by atoms with Crippen molar-refractivity contribution < 1.29 is 25.2 Å². The van der Waals surface area contributed by atoms with Crippen molar-refractivity contribution in [3.8, 4) is 0 Å². The normalized spacial score (nSPS) is 49.2. The molecule has 0 aromatic carbocycles. The maximum atomic E-state index is 9.31. The van der Waals surface area contributed by atoms with Gasteiger partial charge in [-0.1, -0.05) is 22.6 Å². The molecule has 5 nitrogen and oxygen atoms in total. The number of hydrogen-bond donors (Lipinski definition) is 4. The Morgan fingerprint density at radius 3 is 2.25 bits per heavy atom. The molecule has 4 N–H and O–H groups in total. The molecular weight excluding hydrogens is 279 g/mol. The molecule has 6 heteroatoms. The van der Waals surface area contributed by atoms with E-state index < -0.39 is 35.1 Å². The quantitative estimate of drug-likeness (QED) is 0.339. The molecule has 2 unspecified atom stereocenters. The van der Waals surface area contributed by atoms with Crippen molar-refractivity contribution in [3.63, 3.8) is 0 Å². The van der Waals surface area contributed by atoms with Crippen molar-refractivity contribution in [2.75, 3.05) is 6.61 Å². The highest BCUT2D eigenvalue weighted by Gasteiger charge is 2.41. The second-order valence-electron chi connectivity index (χ2n) is 2.67. The molecule has 0 spiro atoms. The fraction of sp³-hybridized carbons (Fsp3) is 1.00. The molecule has 0 amide bonds. The minimum atomic E-state index is -1.14. The smallest absolute Gasteiger partial charge is 0.169 e. The summed E-state index contributed by atoms with van der Waals surface area (Å²) >= 11 is 1.78. The zero-order valence-electron chi connectivity index (χ0n) is 6.17. The summed E-state index contributed by atoms with van der Waals surface area (Å²) in [4.78, 5) is 0. The van der Waals surface area contributed by atoms with Crippen LogP contribution in [0.25, 0.3) is 0 Å². The Hall–Kier alpha value is 0.530. The van der Waals surface area contributed by atoms with Crippen molar-refractivity contribution >= 4 is 22.6 Å². The molecule has 0 radical (unpaired) electrons. The van der Waals surface area contributed by atoms with E-state index in [1.807, 2.05) is 0 Å². The highest BCUT2D eigenvalue weighted by molar-refractivity contribution is 14.1. The second-order valence-corrected chi connectivity index (χ2v) is 4.11. The third kappa shape index (κ3) is 1.88. The van der Waals surface area contributed by atoms with Gasteiger partial charge in [0.1, 0.15) is 12.2 Å². The van der Waals surface area contributed by atoms with E-state index in [0.717, 1.165) is 0 Å². The zero-order chi connectivity index (χ0) is 9.30. The molecule has 1 fully saturated rings. The van der Waals surface area contributed by atoms with E-state index in [9.17, 15) is 10.2 Å². The van der Waals surface area contributed by atoms with E-state index in [-0.39, 0.29) is 0 Å². The number of halogens is 1. The molecule has 1 heterocycles. The summed E-state index contributed by atoms with van der Waals surface area (Å²) in [5, 5.41) is 36.4. The highest BCUT2D eigenvalue weighted by Crippen LogP contribution is 2.24. The predicted molar refractivity (Wildman–Crippen MR) is 47.8 cm³/mol. The molecule has 0 saturated carbocycles. The molecule has 1 saturated heterocycles. The van der Waals surface area contributed by atoms with Crippen LogP contribution >= 0.6 is 22.6 Å². The molecule has 1 aliphatic heterocycles. The first-order chi connectivity index (χ1) is 5.57. The third-order valence-electron chi connectivity index (χ3n) is 1.82. The Morgan fingerprint density at radius 1 is 1.17 bits per heavy atom. The van der Waals surface area contributed by atoms with Gasteiger partial charge in [0.15, 0.2) is 6.29 Å². The average molecular weight is 290 g/mol. The standard InChI is InChI=1S/C6H11IO5/c7-3-5(10)4(9)2(1-8)12-6(3)11/h2-6,8-11H,1H2/t2?,3-,4+,5?,6-/m1/s1. The van der Waals surface area contributed by atoms with Crippen LogP contribution < -0.4 is 0 Å². The molecule has 5 atom stereocenters. The first-order valence-electron chi connectivity index (χ1n) is 3.52. The van der Waals surface area contributed by atoms with Gasteiger partial charge < -0.3 is 25.2 Å². The van der Waals surface area contributed by atoms with Gasteiger partial charge in [0.05, 0.1) is 16.6 Å². The fourth-order valence-corrected chi connectivity index (χ4v) is 1.66. The van der Waals surface area contributed by atoms with E-state index >= 15 is 0 Å². The number of ether oxygens (including phenoxy) is 1. The van der Waals surface area contributed by atoms with Crippen molar-refractivity contribution in [1.29, 1.82) is 0 Å². The fourth-order valence-electron chi connectivity index (χ4n) is 1.06. The van der Waals surface area contributed by atoms with Gasteiger partial charge >= 0.3 is 0 Å². The number of rotatable bonds is 1. The molecule has 0 aliphatic carbocycles. The summed E-state index contributed by atoms with van der Waals surface area (Å²) in [6.07, 6.45) is -4.24. The highest BCUT2D eigenvalue weighted by atomic mass is 127. The summed E-state index contributed by atoms with van der Waals surface area (Å²) < 4.78 is 4.25. The number of aliphatic hydroxyl groups is 4. The van der Waals surface area contributed by atoms with Gasteiger partial charge in [-0.05, 0) is 0 Å². The second kappa shape index (κ2) is 4.16. The Bertz CT molecular complexity index is 150. The monoisotopic (exact) mass is 290 g/mol. The topological polar surface area (TPSA) is 90.2 Å². The van der Waals surface area contributed by atoms with Crippen LogP contribution in [0.5, 0.6) is 0 Å². The number of aliphatic hydroxyl groups excluding tert-OH is 4. The number of hydrogen-bond acceptors (Lipinski definition) is 5. The summed E-state index contributed by atoms with van der Waals surface area (Å²) in [6.45, 7) is -0.418. The Labute approximate surface area is 83.1 Å². The maximum Gasteiger partial charge on any atom is 0.169 e. The molecule has 0 aromatic rings. The van der Waals surface area contributed by atoms with Crippen molar-refractivity contribution in [1.82, 2.24) is 0 Å². The third-order valence-corrected chi connectivity index (χ3v) is 3.18. The molecule has 1 rings (SSSR count). The van der Waals surface area contributed by atoms with Crippen LogP contribution in [0.1, 0.15) is 0 Å². The molecule has 1 aliphatic rings. The van der Waals surface area contributed by atoms with Crippen LogP contribution in [0.15, 0.2) is 0 Å². The molecular formula is C6H11IO5. The Balaban J connectivity index is 2.63. The molecule has 0 bridgehead atoms. The molecule has 12 heavy (non-hydrogen) atoms. The van der Waals surface area contributed by atoms with Crippen LogP contribution in [-0.2, 0) is 4.74 Å². The van der Waals surface area contributed by atoms with E-state index in [1.54, 1.807) is 22.6 Å². The summed E-state index contributed by atoms with van der Waals surface area (Å²) in [6, 6.07) is 0. The number of alkyl halides is 1. The lowest BCUT2D eigenvalue weighted by molar-refractivity contribution is -0.231. The minimum absolute atomic E-state index is 0.418. The van der Waals surface area contributed by atoms with Crippen LogP contribution in [0, 0.1) is 0 Å². The summed E-state index contributed by atoms with van der Waals surface area (Å²) in [5.41, 5.74) is 0. The predicted octanol–water partition coefficient (Wildman–Crippen LogP) is -1.78. The van der Waals surface area contributed by atoms with E-state index in [4.69, 9.17) is 14.9 Å². The van der Waals surface area contributed by atoms with Crippen molar-refractivity contribution in [3.05, 3.63) is 0 Å². The van der Waals surface area contributed by atoms with Gasteiger partial charge in [0, 0.05) is 0 Å². The summed E-state index contributed by atoms with van der Waals surface area (Å²) in [5.74, 6) is 0. The Kier molecular flexibility index (Phi) is 3.68. The van der Waals surface area contributed by atoms with Gasteiger partial charge in [-0.25, -0.2) is 0 Å². The largest absolute Gasteiger partial charge is 0.394 e. The van der Waals surface area contributed by atoms with Crippen LogP contribution in [0.3, 0.4) is 0 Å². The van der Waals surface area contributed by atoms with E-state index in [1.165, 1.54) is 0 Å². The van der Waals surface area contributed by atoms with Crippen LogP contribution in [-0.4, -0.2) is 55.6 Å². The van der Waals surface area contributed by atoms with Crippen molar-refractivity contribution in [2.24, 2.45) is 0 Å². The van der Waals surface area contributed by atoms with Gasteiger partial charge in [-0.3, -0.25) is 0 Å². The van der Waals surface area contributed by atoms with Gasteiger partial charge in [0.2, 0.25) is 0 Å². The lowest BCUT2D eigenvalue weighted by Gasteiger charge is -2.37. The lowest BCUT2D eigenvalue weighted by atomic mass is 10.0. The summed E-state index contributed by atoms with van der Waals surface area (Å²) in [7, 11) is 0. The van der Waals surface area contributed by atoms with Crippen LogP contribution in [0.2, 0.25) is 0 Å². The van der Waals surface area contributed by atoms with Gasteiger partial charge in [-0.15, -0.1) is 0 Å². The Morgan fingerprint density at radius 2 is 1.75 bits per heavy atom.